The number of carbonyl (C=O) groups is 2. The van der Waals surface area contributed by atoms with Crippen LogP contribution in [0.2, 0.25) is 5.02 Å². The quantitative estimate of drug-likeness (QED) is 0.758. The third-order valence-electron chi connectivity index (χ3n) is 1.84. The summed E-state index contributed by atoms with van der Waals surface area (Å²) >= 11 is 5.81. The van der Waals surface area contributed by atoms with E-state index in [-0.39, 0.29) is 0 Å². The molecule has 1 rings (SSSR count). The zero-order chi connectivity index (χ0) is 12.1. The van der Waals surface area contributed by atoms with Gasteiger partial charge in [0.25, 0.3) is 0 Å². The predicted molar refractivity (Wildman–Crippen MR) is 60.7 cm³/mol. The molecule has 86 valence electrons. The molecule has 1 atom stereocenters. The number of carboxylic acid groups (broad SMARTS) is 1. The molecule has 0 radical (unpaired) electrons. The molecule has 1 aromatic carbocycles. The van der Waals surface area contributed by atoms with Crippen LogP contribution in [0, 0.1) is 0 Å². The molecule has 1 aromatic rings. The fourth-order valence-corrected chi connectivity index (χ4v) is 1.16. The second-order valence-corrected chi connectivity index (χ2v) is 3.55. The zero-order valence-corrected chi connectivity index (χ0v) is 9.28. The molecule has 16 heavy (non-hydrogen) atoms. The van der Waals surface area contributed by atoms with Gasteiger partial charge in [-0.2, -0.15) is 0 Å². The summed E-state index contributed by atoms with van der Waals surface area (Å²) in [5, 5.41) is 13.7. The van der Waals surface area contributed by atoms with Crippen LogP contribution in [0.4, 0.5) is 10.5 Å². The average molecular weight is 243 g/mol. The van der Waals surface area contributed by atoms with Gasteiger partial charge in [0.05, 0.1) is 10.7 Å². The van der Waals surface area contributed by atoms with Crippen LogP contribution in [0.3, 0.4) is 0 Å². The average Bonchev–Trinajstić information content (AvgIpc) is 2.21. The van der Waals surface area contributed by atoms with Crippen molar-refractivity contribution in [3.63, 3.8) is 0 Å². The van der Waals surface area contributed by atoms with Crippen LogP contribution in [0.1, 0.15) is 6.92 Å². The molecular formula is C10H11ClN2O3. The third-order valence-corrected chi connectivity index (χ3v) is 2.17. The number of amides is 2. The van der Waals surface area contributed by atoms with Crippen LogP contribution in [0.5, 0.6) is 0 Å². The van der Waals surface area contributed by atoms with Crippen molar-refractivity contribution in [2.45, 2.75) is 13.0 Å². The van der Waals surface area contributed by atoms with Gasteiger partial charge in [-0.25, -0.2) is 4.79 Å². The number of rotatable bonds is 3. The highest BCUT2D eigenvalue weighted by atomic mass is 35.5. The Morgan fingerprint density at radius 1 is 1.38 bits per heavy atom. The lowest BCUT2D eigenvalue weighted by Crippen LogP contribution is -2.40. The molecule has 0 bridgehead atoms. The molecule has 0 unspecified atom stereocenters. The summed E-state index contributed by atoms with van der Waals surface area (Å²) in [5.41, 5.74) is 0.430. The number of aliphatic carboxylic acids is 1. The normalized spacial score (nSPS) is 11.6. The number of para-hydroxylation sites is 1. The van der Waals surface area contributed by atoms with Gasteiger partial charge in [0.1, 0.15) is 6.04 Å². The Morgan fingerprint density at radius 3 is 2.56 bits per heavy atom. The molecule has 2 amide bonds. The van der Waals surface area contributed by atoms with Crippen molar-refractivity contribution in [1.29, 1.82) is 0 Å². The Bertz CT molecular complexity index is 409. The molecule has 0 saturated carbocycles. The summed E-state index contributed by atoms with van der Waals surface area (Å²) in [6.07, 6.45) is 0. The summed E-state index contributed by atoms with van der Waals surface area (Å²) in [4.78, 5) is 21.8. The Balaban J connectivity index is 2.59. The zero-order valence-electron chi connectivity index (χ0n) is 8.53. The molecule has 6 heteroatoms. The topological polar surface area (TPSA) is 78.4 Å². The summed E-state index contributed by atoms with van der Waals surface area (Å²) in [6.45, 7) is 1.37. The van der Waals surface area contributed by atoms with Gasteiger partial charge in [0.15, 0.2) is 0 Å². The highest BCUT2D eigenvalue weighted by Crippen LogP contribution is 2.19. The van der Waals surface area contributed by atoms with E-state index in [1.54, 1.807) is 24.3 Å². The fourth-order valence-electron chi connectivity index (χ4n) is 0.979. The first kappa shape index (κ1) is 12.3. The molecule has 0 saturated heterocycles. The first-order valence-corrected chi connectivity index (χ1v) is 4.93. The van der Waals surface area contributed by atoms with Crippen molar-refractivity contribution < 1.29 is 14.7 Å². The predicted octanol–water partition coefficient (Wildman–Crippen LogP) is 1.93. The van der Waals surface area contributed by atoms with Gasteiger partial charge in [-0.05, 0) is 19.1 Å². The smallest absolute Gasteiger partial charge is 0.325 e. The second-order valence-electron chi connectivity index (χ2n) is 3.14. The van der Waals surface area contributed by atoms with E-state index in [2.05, 4.69) is 10.6 Å². The van der Waals surface area contributed by atoms with E-state index in [0.29, 0.717) is 10.7 Å². The van der Waals surface area contributed by atoms with E-state index in [0.717, 1.165) is 0 Å². The maximum Gasteiger partial charge on any atom is 0.325 e. The summed E-state index contributed by atoms with van der Waals surface area (Å²) < 4.78 is 0. The molecule has 0 aromatic heterocycles. The minimum atomic E-state index is -1.10. The summed E-state index contributed by atoms with van der Waals surface area (Å²) in [5.74, 6) is -1.10. The van der Waals surface area contributed by atoms with Crippen LogP contribution in [-0.2, 0) is 4.79 Å². The summed E-state index contributed by atoms with van der Waals surface area (Å²) in [7, 11) is 0. The Labute approximate surface area is 97.4 Å². The van der Waals surface area contributed by atoms with Gasteiger partial charge in [-0.1, -0.05) is 23.7 Å². The fraction of sp³-hybridized carbons (Fsp3) is 0.200. The van der Waals surface area contributed by atoms with Crippen LogP contribution in [-0.4, -0.2) is 23.1 Å². The number of carbonyl (C=O) groups excluding carboxylic acids is 1. The van der Waals surface area contributed by atoms with E-state index in [1.807, 2.05) is 0 Å². The number of urea groups is 1. The van der Waals surface area contributed by atoms with Crippen molar-refractivity contribution in [2.75, 3.05) is 5.32 Å². The number of carboxylic acids is 1. The monoisotopic (exact) mass is 242 g/mol. The molecule has 0 aliphatic heterocycles. The maximum absolute atomic E-state index is 11.3. The van der Waals surface area contributed by atoms with Gasteiger partial charge in [-0.15, -0.1) is 0 Å². The largest absolute Gasteiger partial charge is 0.480 e. The van der Waals surface area contributed by atoms with E-state index in [1.165, 1.54) is 6.92 Å². The standard InChI is InChI=1S/C10H11ClN2O3/c1-6(9(14)15)12-10(16)13-8-5-3-2-4-7(8)11/h2-6H,1H3,(H,14,15)(H2,12,13,16)/t6-/m1/s1. The molecule has 0 aliphatic carbocycles. The lowest BCUT2D eigenvalue weighted by molar-refractivity contribution is -0.138. The molecule has 0 fully saturated rings. The van der Waals surface area contributed by atoms with Gasteiger partial charge in [-0.3, -0.25) is 4.79 Å². The first-order chi connectivity index (χ1) is 7.50. The van der Waals surface area contributed by atoms with E-state index >= 15 is 0 Å². The van der Waals surface area contributed by atoms with Crippen molar-refractivity contribution >= 4 is 29.3 Å². The van der Waals surface area contributed by atoms with Crippen molar-refractivity contribution in [3.8, 4) is 0 Å². The number of hydrogen-bond donors (Lipinski definition) is 3. The highest BCUT2D eigenvalue weighted by molar-refractivity contribution is 6.33. The van der Waals surface area contributed by atoms with Crippen LogP contribution >= 0.6 is 11.6 Å². The minimum Gasteiger partial charge on any atom is -0.480 e. The molecule has 0 aliphatic rings. The maximum atomic E-state index is 11.3. The van der Waals surface area contributed by atoms with Crippen LogP contribution in [0.15, 0.2) is 24.3 Å². The van der Waals surface area contributed by atoms with Gasteiger partial charge in [0.2, 0.25) is 0 Å². The number of anilines is 1. The van der Waals surface area contributed by atoms with Crippen LogP contribution in [0.25, 0.3) is 0 Å². The Kier molecular flexibility index (Phi) is 4.13. The van der Waals surface area contributed by atoms with Gasteiger partial charge < -0.3 is 15.7 Å². The molecule has 5 nitrogen and oxygen atoms in total. The highest BCUT2D eigenvalue weighted by Gasteiger charge is 2.14. The number of benzene rings is 1. The Hall–Kier alpha value is -1.75. The third kappa shape index (κ3) is 3.43. The lowest BCUT2D eigenvalue weighted by Gasteiger charge is -2.11. The number of halogens is 1. The molecule has 3 N–H and O–H groups in total. The van der Waals surface area contributed by atoms with Crippen molar-refractivity contribution in [3.05, 3.63) is 29.3 Å². The van der Waals surface area contributed by atoms with Crippen molar-refractivity contribution in [2.24, 2.45) is 0 Å². The van der Waals surface area contributed by atoms with Crippen LogP contribution < -0.4 is 10.6 Å². The number of nitrogens with one attached hydrogen (secondary N) is 2. The van der Waals surface area contributed by atoms with Gasteiger partial charge in [0, 0.05) is 0 Å². The summed E-state index contributed by atoms with van der Waals surface area (Å²) in [6, 6.07) is 5.11. The Morgan fingerprint density at radius 2 is 2.00 bits per heavy atom. The molecular weight excluding hydrogens is 232 g/mol. The lowest BCUT2D eigenvalue weighted by atomic mass is 10.3. The van der Waals surface area contributed by atoms with Crippen molar-refractivity contribution in [1.82, 2.24) is 5.32 Å². The van der Waals surface area contributed by atoms with E-state index in [9.17, 15) is 9.59 Å². The number of hydrogen-bond acceptors (Lipinski definition) is 2. The second kappa shape index (κ2) is 5.37. The SMILES string of the molecule is C[C@@H](NC(=O)Nc1ccccc1Cl)C(=O)O. The van der Waals surface area contributed by atoms with E-state index < -0.39 is 18.0 Å². The first-order valence-electron chi connectivity index (χ1n) is 4.55. The van der Waals surface area contributed by atoms with E-state index in [4.69, 9.17) is 16.7 Å². The van der Waals surface area contributed by atoms with Gasteiger partial charge >= 0.3 is 12.0 Å². The molecule has 0 spiro atoms. The minimum absolute atomic E-state index is 0.389. The molecule has 0 heterocycles.